The van der Waals surface area contributed by atoms with Crippen molar-refractivity contribution in [3.63, 3.8) is 0 Å². The van der Waals surface area contributed by atoms with Gasteiger partial charge in [0.2, 0.25) is 11.7 Å². The van der Waals surface area contributed by atoms with Crippen LogP contribution in [-0.4, -0.2) is 30.8 Å². The van der Waals surface area contributed by atoms with Gasteiger partial charge in [0.25, 0.3) is 0 Å². The van der Waals surface area contributed by atoms with E-state index in [0.717, 1.165) is 17.2 Å². The number of pyridine rings is 1. The second kappa shape index (κ2) is 7.99. The highest BCUT2D eigenvalue weighted by atomic mass is 32.1. The second-order valence-electron chi connectivity index (χ2n) is 7.98. The van der Waals surface area contributed by atoms with Gasteiger partial charge in [0, 0.05) is 11.4 Å². The molecule has 2 unspecified atom stereocenters. The third-order valence-electron chi connectivity index (χ3n) is 5.37. The normalized spacial score (nSPS) is 22.5. The quantitative estimate of drug-likeness (QED) is 0.588. The number of hydrogen-bond acceptors (Lipinski definition) is 6. The van der Waals surface area contributed by atoms with Gasteiger partial charge in [-0.05, 0) is 44.6 Å². The van der Waals surface area contributed by atoms with Gasteiger partial charge in [-0.25, -0.2) is 19.6 Å². The predicted octanol–water partition coefficient (Wildman–Crippen LogP) is 5.25. The van der Waals surface area contributed by atoms with Crippen LogP contribution in [0.3, 0.4) is 0 Å². The van der Waals surface area contributed by atoms with Gasteiger partial charge in [-0.15, -0.1) is 16.4 Å². The van der Waals surface area contributed by atoms with E-state index in [1.54, 1.807) is 11.3 Å². The summed E-state index contributed by atoms with van der Waals surface area (Å²) in [4.78, 5) is 14.0. The zero-order valence-corrected chi connectivity index (χ0v) is 17.7. The van der Waals surface area contributed by atoms with Gasteiger partial charge in [-0.1, -0.05) is 26.3 Å². The molecule has 0 bridgehead atoms. The molecular weight excluding hydrogens is 370 g/mol. The fourth-order valence-corrected chi connectivity index (χ4v) is 4.66. The molecule has 1 fully saturated rings. The minimum absolute atomic E-state index is 0.0737. The van der Waals surface area contributed by atoms with Crippen molar-refractivity contribution in [3.8, 4) is 28.9 Å². The molecule has 0 saturated heterocycles. The molecule has 0 spiro atoms. The summed E-state index contributed by atoms with van der Waals surface area (Å²) in [7, 11) is 0. The maximum Gasteiger partial charge on any atom is 0.214 e. The lowest BCUT2D eigenvalue weighted by Gasteiger charge is -2.35. The fraction of sp³-hybridized carbons (Fsp3) is 0.524. The summed E-state index contributed by atoms with van der Waals surface area (Å²) in [5.41, 5.74) is 3.42. The molecule has 28 heavy (non-hydrogen) atoms. The molecule has 0 amide bonds. The molecule has 2 atom stereocenters. The van der Waals surface area contributed by atoms with Gasteiger partial charge in [-0.3, -0.25) is 0 Å². The molecule has 0 aliphatic heterocycles. The molecule has 1 saturated carbocycles. The average molecular weight is 398 g/mol. The first-order chi connectivity index (χ1) is 13.5. The maximum absolute atomic E-state index is 5.80. The van der Waals surface area contributed by atoms with Crippen LogP contribution in [-0.2, 0) is 0 Å². The van der Waals surface area contributed by atoms with Crippen LogP contribution >= 0.6 is 11.3 Å². The number of rotatable bonds is 5. The van der Waals surface area contributed by atoms with Gasteiger partial charge in [0.15, 0.2) is 5.82 Å². The maximum atomic E-state index is 5.80. The Balaban J connectivity index is 1.81. The number of hydrogen-bond donors (Lipinski definition) is 0. The van der Waals surface area contributed by atoms with Crippen molar-refractivity contribution in [3.05, 3.63) is 29.1 Å². The molecular formula is C21H27N5OS. The third-order valence-corrected chi connectivity index (χ3v) is 5.96. The topological polar surface area (TPSA) is 65.7 Å². The summed E-state index contributed by atoms with van der Waals surface area (Å²) >= 11 is 1.56. The van der Waals surface area contributed by atoms with E-state index in [4.69, 9.17) is 19.8 Å². The Kier molecular flexibility index (Phi) is 5.44. The first-order valence-electron chi connectivity index (χ1n) is 10.0. The molecule has 0 radical (unpaired) electrons. The molecule has 3 aromatic heterocycles. The molecule has 7 heteroatoms. The Morgan fingerprint density at radius 3 is 2.57 bits per heavy atom. The van der Waals surface area contributed by atoms with Gasteiger partial charge in [0.05, 0.1) is 17.7 Å². The van der Waals surface area contributed by atoms with Gasteiger partial charge < -0.3 is 4.74 Å². The SMILES string of the molecule is CC(C)Oc1cccc(-c2nc(-c3cscn3)nn2C2C(C)CCCC2C)n1. The van der Waals surface area contributed by atoms with Gasteiger partial charge in [0.1, 0.15) is 11.4 Å². The number of nitrogens with zero attached hydrogens (tertiary/aromatic N) is 5. The molecule has 3 aromatic rings. The van der Waals surface area contributed by atoms with Gasteiger partial charge in [-0.2, -0.15) is 0 Å². The Labute approximate surface area is 170 Å². The first kappa shape index (κ1) is 19.1. The van der Waals surface area contributed by atoms with Crippen molar-refractivity contribution in [2.45, 2.75) is 59.1 Å². The summed E-state index contributed by atoms with van der Waals surface area (Å²) in [6.45, 7) is 8.64. The van der Waals surface area contributed by atoms with E-state index in [1.807, 2.05) is 42.9 Å². The summed E-state index contributed by atoms with van der Waals surface area (Å²) in [5.74, 6) is 3.16. The Hall–Kier alpha value is -2.28. The fourth-order valence-electron chi connectivity index (χ4n) is 4.13. The standard InChI is InChI=1S/C21H27N5OS/c1-13(2)27-18-10-6-9-16(23-18)21-24-20(17-11-28-12-22-17)25-26(21)19-14(3)7-5-8-15(19)4/h6,9-15,19H,5,7-8H2,1-4H3. The van der Waals surface area contributed by atoms with Crippen molar-refractivity contribution in [1.82, 2.24) is 24.7 Å². The Morgan fingerprint density at radius 2 is 1.89 bits per heavy atom. The van der Waals surface area contributed by atoms with Crippen LogP contribution in [0, 0.1) is 11.8 Å². The molecule has 1 aliphatic rings. The van der Waals surface area contributed by atoms with E-state index in [9.17, 15) is 0 Å². The Morgan fingerprint density at radius 1 is 1.11 bits per heavy atom. The minimum atomic E-state index is 0.0737. The van der Waals surface area contributed by atoms with Crippen LogP contribution in [0.2, 0.25) is 0 Å². The number of ether oxygens (including phenoxy) is 1. The van der Waals surface area contributed by atoms with Crippen LogP contribution in [0.25, 0.3) is 23.0 Å². The van der Waals surface area contributed by atoms with E-state index >= 15 is 0 Å². The van der Waals surface area contributed by atoms with E-state index in [-0.39, 0.29) is 6.10 Å². The number of aromatic nitrogens is 5. The summed E-state index contributed by atoms with van der Waals surface area (Å²) in [6.07, 6.45) is 3.77. The Bertz CT molecular complexity index is 911. The molecule has 148 valence electrons. The molecule has 6 nitrogen and oxygen atoms in total. The summed E-state index contributed by atoms with van der Waals surface area (Å²) in [5, 5.41) is 6.90. The van der Waals surface area contributed by atoms with E-state index in [2.05, 4.69) is 23.5 Å². The summed E-state index contributed by atoms with van der Waals surface area (Å²) in [6, 6.07) is 6.14. The van der Waals surface area contributed by atoms with Crippen molar-refractivity contribution in [1.29, 1.82) is 0 Å². The molecule has 3 heterocycles. The lowest BCUT2D eigenvalue weighted by Crippen LogP contribution is -2.29. The van der Waals surface area contributed by atoms with Crippen LogP contribution < -0.4 is 4.74 Å². The zero-order valence-electron chi connectivity index (χ0n) is 16.9. The largest absolute Gasteiger partial charge is 0.475 e. The summed E-state index contributed by atoms with van der Waals surface area (Å²) < 4.78 is 7.91. The minimum Gasteiger partial charge on any atom is -0.475 e. The van der Waals surface area contributed by atoms with Crippen LogP contribution in [0.5, 0.6) is 5.88 Å². The van der Waals surface area contributed by atoms with E-state index in [1.165, 1.54) is 19.3 Å². The molecule has 4 rings (SSSR count). The predicted molar refractivity (Wildman–Crippen MR) is 111 cm³/mol. The lowest BCUT2D eigenvalue weighted by molar-refractivity contribution is 0.172. The highest BCUT2D eigenvalue weighted by molar-refractivity contribution is 7.07. The lowest BCUT2D eigenvalue weighted by atomic mass is 9.79. The average Bonchev–Trinajstić information content (AvgIpc) is 3.31. The number of thiazole rings is 1. The third kappa shape index (κ3) is 3.81. The second-order valence-corrected chi connectivity index (χ2v) is 8.70. The van der Waals surface area contributed by atoms with Crippen LogP contribution in [0.4, 0.5) is 0 Å². The highest BCUT2D eigenvalue weighted by Gasteiger charge is 2.33. The first-order valence-corrected chi connectivity index (χ1v) is 11.0. The molecule has 1 aliphatic carbocycles. The van der Waals surface area contributed by atoms with E-state index in [0.29, 0.717) is 29.6 Å². The van der Waals surface area contributed by atoms with Crippen LogP contribution in [0.1, 0.15) is 53.0 Å². The van der Waals surface area contributed by atoms with Crippen molar-refractivity contribution < 1.29 is 4.74 Å². The van der Waals surface area contributed by atoms with Crippen molar-refractivity contribution in [2.75, 3.05) is 0 Å². The van der Waals surface area contributed by atoms with Crippen molar-refractivity contribution >= 4 is 11.3 Å². The highest BCUT2D eigenvalue weighted by Crippen LogP contribution is 2.40. The van der Waals surface area contributed by atoms with Crippen molar-refractivity contribution in [2.24, 2.45) is 11.8 Å². The van der Waals surface area contributed by atoms with Gasteiger partial charge >= 0.3 is 0 Å². The van der Waals surface area contributed by atoms with E-state index < -0.39 is 0 Å². The monoisotopic (exact) mass is 397 g/mol. The smallest absolute Gasteiger partial charge is 0.214 e. The molecule has 0 aromatic carbocycles. The zero-order chi connectivity index (χ0) is 19.7. The molecule has 0 N–H and O–H groups in total. The van der Waals surface area contributed by atoms with Crippen LogP contribution in [0.15, 0.2) is 29.1 Å².